The molecule has 0 bridgehead atoms. The number of esters is 1. The zero-order valence-corrected chi connectivity index (χ0v) is 9.51. The fraction of sp³-hybridized carbons (Fsp3) is 0.750. The first-order chi connectivity index (χ1) is 7.53. The van der Waals surface area contributed by atoms with Crippen molar-refractivity contribution in [2.75, 3.05) is 6.54 Å². The van der Waals surface area contributed by atoms with Gasteiger partial charge in [-0.2, -0.15) is 0 Å². The van der Waals surface area contributed by atoms with E-state index in [9.17, 15) is 9.90 Å². The first-order valence-electron chi connectivity index (χ1n) is 5.96. The monoisotopic (exact) mass is 223 g/mol. The van der Waals surface area contributed by atoms with Crippen LogP contribution in [0.2, 0.25) is 0 Å². The molecule has 0 unspecified atom stereocenters. The first kappa shape index (κ1) is 10.1. The number of rotatable bonds is 0. The summed E-state index contributed by atoms with van der Waals surface area (Å²) in [4.78, 5) is 11.7. The third-order valence-corrected chi connectivity index (χ3v) is 4.16. The standard InChI is InChI=1S/C12H17NO3/c1-11(15)3-5-12(6-4-11)8-2-7-13-9(8)10(14)16-12/h13,15H,2-7H2,1H3. The average Bonchev–Trinajstić information content (AvgIpc) is 2.77. The van der Waals surface area contributed by atoms with Gasteiger partial charge in [0.25, 0.3) is 0 Å². The molecule has 4 nitrogen and oxygen atoms in total. The lowest BCUT2D eigenvalue weighted by molar-refractivity contribution is -0.154. The Bertz CT molecular complexity index is 374. The van der Waals surface area contributed by atoms with E-state index in [4.69, 9.17) is 4.74 Å². The summed E-state index contributed by atoms with van der Waals surface area (Å²) in [5.41, 5.74) is 0.861. The van der Waals surface area contributed by atoms with E-state index < -0.39 is 11.2 Å². The maximum Gasteiger partial charge on any atom is 0.355 e. The molecule has 0 aromatic rings. The SMILES string of the molecule is CC1(O)CCC2(CC1)OC(=O)C1=C2CCN1. The molecule has 0 radical (unpaired) electrons. The van der Waals surface area contributed by atoms with E-state index >= 15 is 0 Å². The highest BCUT2D eigenvalue weighted by Gasteiger charge is 2.52. The van der Waals surface area contributed by atoms with E-state index in [0.717, 1.165) is 31.4 Å². The molecule has 0 atom stereocenters. The van der Waals surface area contributed by atoms with Crippen LogP contribution in [0.5, 0.6) is 0 Å². The maximum absolute atomic E-state index is 11.7. The van der Waals surface area contributed by atoms with Gasteiger partial charge in [-0.3, -0.25) is 0 Å². The largest absolute Gasteiger partial charge is 0.450 e. The lowest BCUT2D eigenvalue weighted by Crippen LogP contribution is -2.43. The Hall–Kier alpha value is -1.03. The van der Waals surface area contributed by atoms with Gasteiger partial charge in [-0.1, -0.05) is 0 Å². The van der Waals surface area contributed by atoms with Crippen molar-refractivity contribution in [1.82, 2.24) is 5.32 Å². The third-order valence-electron chi connectivity index (χ3n) is 4.16. The quantitative estimate of drug-likeness (QED) is 0.598. The fourth-order valence-corrected chi connectivity index (χ4v) is 3.08. The molecular weight excluding hydrogens is 206 g/mol. The molecule has 1 fully saturated rings. The van der Waals surface area contributed by atoms with Crippen molar-refractivity contribution < 1.29 is 14.6 Å². The molecule has 3 rings (SSSR count). The Balaban J connectivity index is 1.89. The summed E-state index contributed by atoms with van der Waals surface area (Å²) in [6, 6.07) is 0. The number of carbonyl (C=O) groups excluding carboxylic acids is 1. The molecule has 88 valence electrons. The number of ether oxygens (including phenoxy) is 1. The molecular formula is C12H17NO3. The van der Waals surface area contributed by atoms with E-state index in [1.807, 2.05) is 6.92 Å². The third kappa shape index (κ3) is 1.29. The van der Waals surface area contributed by atoms with Gasteiger partial charge >= 0.3 is 5.97 Å². The first-order valence-corrected chi connectivity index (χ1v) is 5.96. The van der Waals surface area contributed by atoms with Crippen molar-refractivity contribution in [3.63, 3.8) is 0 Å². The number of hydrogen-bond acceptors (Lipinski definition) is 4. The van der Waals surface area contributed by atoms with Crippen LogP contribution in [0, 0.1) is 0 Å². The van der Waals surface area contributed by atoms with Crippen LogP contribution in [0.25, 0.3) is 0 Å². The minimum atomic E-state index is -0.590. The Kier molecular flexibility index (Phi) is 1.90. The van der Waals surface area contributed by atoms with Gasteiger partial charge < -0.3 is 15.2 Å². The van der Waals surface area contributed by atoms with Crippen molar-refractivity contribution in [3.05, 3.63) is 11.3 Å². The fourth-order valence-electron chi connectivity index (χ4n) is 3.08. The highest BCUT2D eigenvalue weighted by Crippen LogP contribution is 2.48. The summed E-state index contributed by atoms with van der Waals surface area (Å²) in [7, 11) is 0. The van der Waals surface area contributed by atoms with Crippen LogP contribution in [0.1, 0.15) is 39.0 Å². The molecule has 4 heteroatoms. The smallest absolute Gasteiger partial charge is 0.355 e. The molecule has 1 saturated carbocycles. The molecule has 0 aromatic carbocycles. The van der Waals surface area contributed by atoms with Gasteiger partial charge in [0.2, 0.25) is 0 Å². The minimum Gasteiger partial charge on any atom is -0.450 e. The van der Waals surface area contributed by atoms with Crippen LogP contribution in [0.4, 0.5) is 0 Å². The molecule has 1 aliphatic carbocycles. The van der Waals surface area contributed by atoms with Crippen molar-refractivity contribution in [2.45, 2.75) is 50.2 Å². The van der Waals surface area contributed by atoms with Gasteiger partial charge in [0.1, 0.15) is 11.3 Å². The van der Waals surface area contributed by atoms with Crippen LogP contribution in [-0.4, -0.2) is 28.8 Å². The van der Waals surface area contributed by atoms with Crippen LogP contribution in [0.15, 0.2) is 11.3 Å². The Morgan fingerprint density at radius 1 is 1.31 bits per heavy atom. The Morgan fingerprint density at radius 3 is 2.69 bits per heavy atom. The molecule has 2 heterocycles. The lowest BCUT2D eigenvalue weighted by Gasteiger charge is -2.40. The van der Waals surface area contributed by atoms with E-state index in [0.29, 0.717) is 18.5 Å². The van der Waals surface area contributed by atoms with Gasteiger partial charge in [0.15, 0.2) is 0 Å². The highest BCUT2D eigenvalue weighted by molar-refractivity contribution is 5.93. The number of hydrogen-bond donors (Lipinski definition) is 2. The second kappa shape index (κ2) is 3.00. The number of carbonyl (C=O) groups is 1. The van der Waals surface area contributed by atoms with Gasteiger partial charge in [-0.15, -0.1) is 0 Å². The predicted molar refractivity (Wildman–Crippen MR) is 57.6 cm³/mol. The summed E-state index contributed by atoms with van der Waals surface area (Å²) in [5.74, 6) is -0.200. The zero-order chi connectivity index (χ0) is 11.4. The molecule has 16 heavy (non-hydrogen) atoms. The van der Waals surface area contributed by atoms with Crippen molar-refractivity contribution in [1.29, 1.82) is 0 Å². The van der Waals surface area contributed by atoms with Crippen LogP contribution < -0.4 is 5.32 Å². The van der Waals surface area contributed by atoms with Gasteiger partial charge in [0.05, 0.1) is 5.60 Å². The van der Waals surface area contributed by atoms with Crippen LogP contribution in [-0.2, 0) is 9.53 Å². The summed E-state index contributed by atoms with van der Waals surface area (Å²) in [6.07, 6.45) is 3.83. The van der Waals surface area contributed by atoms with Gasteiger partial charge in [-0.05, 0) is 39.0 Å². The second-order valence-corrected chi connectivity index (χ2v) is 5.41. The number of aliphatic hydroxyl groups is 1. The van der Waals surface area contributed by atoms with Crippen molar-refractivity contribution >= 4 is 5.97 Å². The van der Waals surface area contributed by atoms with Crippen molar-refractivity contribution in [2.24, 2.45) is 0 Å². The van der Waals surface area contributed by atoms with E-state index in [1.165, 1.54) is 0 Å². The second-order valence-electron chi connectivity index (χ2n) is 5.41. The molecule has 3 aliphatic rings. The molecule has 2 aliphatic heterocycles. The Morgan fingerprint density at radius 2 is 2.00 bits per heavy atom. The average molecular weight is 223 g/mol. The summed E-state index contributed by atoms with van der Waals surface area (Å²) < 4.78 is 5.56. The van der Waals surface area contributed by atoms with Crippen molar-refractivity contribution in [3.8, 4) is 0 Å². The summed E-state index contributed by atoms with van der Waals surface area (Å²) in [5, 5.41) is 13.1. The van der Waals surface area contributed by atoms with Gasteiger partial charge in [0, 0.05) is 12.1 Å². The van der Waals surface area contributed by atoms with E-state index in [2.05, 4.69) is 5.32 Å². The maximum atomic E-state index is 11.7. The molecule has 1 spiro atoms. The minimum absolute atomic E-state index is 0.200. The van der Waals surface area contributed by atoms with E-state index in [1.54, 1.807) is 0 Å². The van der Waals surface area contributed by atoms with Gasteiger partial charge in [-0.25, -0.2) is 4.79 Å². The molecule has 0 aromatic heterocycles. The molecule has 0 saturated heterocycles. The topological polar surface area (TPSA) is 58.6 Å². The van der Waals surface area contributed by atoms with Crippen LogP contribution >= 0.6 is 0 Å². The van der Waals surface area contributed by atoms with Crippen LogP contribution in [0.3, 0.4) is 0 Å². The summed E-state index contributed by atoms with van der Waals surface area (Å²) in [6.45, 7) is 2.71. The zero-order valence-electron chi connectivity index (χ0n) is 9.51. The number of fused-ring (bicyclic) bond motifs is 1. The molecule has 2 N–H and O–H groups in total. The predicted octanol–water partition coefficient (Wildman–Crippen LogP) is 0.854. The summed E-state index contributed by atoms with van der Waals surface area (Å²) >= 11 is 0. The lowest BCUT2D eigenvalue weighted by atomic mass is 9.73. The molecule has 0 amide bonds. The highest BCUT2D eigenvalue weighted by atomic mass is 16.6. The normalized spacial score (nSPS) is 42.2. The number of nitrogens with one attached hydrogen (secondary N) is 1. The Labute approximate surface area is 94.7 Å². The van der Waals surface area contributed by atoms with E-state index in [-0.39, 0.29) is 5.97 Å².